The van der Waals surface area contributed by atoms with Crippen LogP contribution >= 0.6 is 0 Å². The number of amides is 1. The Hall–Kier alpha value is -2.67. The van der Waals surface area contributed by atoms with Gasteiger partial charge in [0.15, 0.2) is 0 Å². The van der Waals surface area contributed by atoms with E-state index < -0.39 is 17.5 Å². The van der Waals surface area contributed by atoms with Crippen LogP contribution in [0.15, 0.2) is 30.3 Å². The van der Waals surface area contributed by atoms with Crippen molar-refractivity contribution in [3.05, 3.63) is 41.6 Å². The minimum absolute atomic E-state index is 0.00605. The predicted molar refractivity (Wildman–Crippen MR) is 109 cm³/mol. The normalized spacial score (nSPS) is 22.1. The molecule has 1 amide bonds. The Morgan fingerprint density at radius 2 is 2.00 bits per heavy atom. The molecule has 7 heteroatoms. The molecule has 1 fully saturated rings. The lowest BCUT2D eigenvalue weighted by Gasteiger charge is -2.43. The van der Waals surface area contributed by atoms with Gasteiger partial charge in [-0.3, -0.25) is 14.7 Å². The molecule has 2 atom stereocenters. The molecule has 0 aliphatic carbocycles. The van der Waals surface area contributed by atoms with Crippen LogP contribution < -0.4 is 0 Å². The van der Waals surface area contributed by atoms with Gasteiger partial charge in [0.25, 0.3) is 5.91 Å². The van der Waals surface area contributed by atoms with Gasteiger partial charge in [-0.2, -0.15) is 5.10 Å². The molecular weight excluding hydrogens is 370 g/mol. The molecule has 7 nitrogen and oxygen atoms in total. The molecule has 3 rings (SSSR count). The number of carboxylic acid groups (broad SMARTS) is 1. The number of nitrogens with one attached hydrogen (secondary N) is 1. The van der Waals surface area contributed by atoms with E-state index in [2.05, 4.69) is 10.2 Å². The standard InChI is InChI=1S/C22H29N3O4/c1-14(2)9-11-22(21(28)29)13-25(12-10-17(22)26)20(27)18-15(3)23-24-19(18)16-7-5-4-6-8-16/h4-8,14,17,26H,9-13H2,1-3H3,(H,23,24)(H,28,29)/t17-,22-/m1/s1. The van der Waals surface area contributed by atoms with E-state index in [4.69, 9.17) is 0 Å². The maximum Gasteiger partial charge on any atom is 0.314 e. The summed E-state index contributed by atoms with van der Waals surface area (Å²) in [7, 11) is 0. The summed E-state index contributed by atoms with van der Waals surface area (Å²) in [6.45, 7) is 6.14. The van der Waals surface area contributed by atoms with Gasteiger partial charge in [-0.15, -0.1) is 0 Å². The summed E-state index contributed by atoms with van der Waals surface area (Å²) < 4.78 is 0. The van der Waals surface area contributed by atoms with Gasteiger partial charge < -0.3 is 15.1 Å². The Labute approximate surface area is 170 Å². The molecule has 0 saturated carbocycles. The third kappa shape index (κ3) is 4.05. The highest BCUT2D eigenvalue weighted by Gasteiger charge is 2.50. The lowest BCUT2D eigenvalue weighted by molar-refractivity contribution is -0.163. The van der Waals surface area contributed by atoms with Crippen LogP contribution in [0, 0.1) is 18.3 Å². The molecule has 2 aromatic rings. The van der Waals surface area contributed by atoms with E-state index in [9.17, 15) is 19.8 Å². The zero-order chi connectivity index (χ0) is 21.2. The van der Waals surface area contributed by atoms with Crippen LogP contribution in [0.4, 0.5) is 0 Å². The van der Waals surface area contributed by atoms with E-state index in [0.717, 1.165) is 5.56 Å². The van der Waals surface area contributed by atoms with Crippen LogP contribution in [0.3, 0.4) is 0 Å². The van der Waals surface area contributed by atoms with Crippen molar-refractivity contribution < 1.29 is 19.8 Å². The number of aliphatic hydroxyl groups is 1. The maximum atomic E-state index is 13.4. The molecule has 0 radical (unpaired) electrons. The van der Waals surface area contributed by atoms with Gasteiger partial charge in [0, 0.05) is 24.3 Å². The first kappa shape index (κ1) is 21.0. The molecule has 1 aromatic heterocycles. The number of piperidine rings is 1. The number of aliphatic carboxylic acids is 1. The Balaban J connectivity index is 1.92. The zero-order valence-electron chi connectivity index (χ0n) is 17.2. The van der Waals surface area contributed by atoms with Crippen molar-refractivity contribution >= 4 is 11.9 Å². The van der Waals surface area contributed by atoms with Crippen molar-refractivity contribution in [3.8, 4) is 11.3 Å². The summed E-state index contributed by atoms with van der Waals surface area (Å²) in [5.74, 6) is -0.988. The Bertz CT molecular complexity index is 877. The Kier molecular flexibility index (Phi) is 6.07. The number of H-pyrrole nitrogens is 1. The molecule has 1 aliphatic rings. The number of aromatic amines is 1. The number of carboxylic acids is 1. The van der Waals surface area contributed by atoms with Crippen LogP contribution in [0.25, 0.3) is 11.3 Å². The number of aromatic nitrogens is 2. The zero-order valence-corrected chi connectivity index (χ0v) is 17.2. The van der Waals surface area contributed by atoms with Gasteiger partial charge in [0.05, 0.1) is 11.7 Å². The highest BCUT2D eigenvalue weighted by molar-refractivity contribution is 6.01. The second-order valence-corrected chi connectivity index (χ2v) is 8.36. The van der Waals surface area contributed by atoms with E-state index in [1.807, 2.05) is 44.2 Å². The number of aliphatic hydroxyl groups excluding tert-OH is 1. The smallest absolute Gasteiger partial charge is 0.314 e. The largest absolute Gasteiger partial charge is 0.481 e. The fraction of sp³-hybridized carbons (Fsp3) is 0.500. The second-order valence-electron chi connectivity index (χ2n) is 8.36. The summed E-state index contributed by atoms with van der Waals surface area (Å²) in [6, 6.07) is 9.43. The topological polar surface area (TPSA) is 107 Å². The molecule has 29 heavy (non-hydrogen) atoms. The van der Waals surface area contributed by atoms with E-state index >= 15 is 0 Å². The van der Waals surface area contributed by atoms with Crippen LogP contribution in [-0.2, 0) is 4.79 Å². The fourth-order valence-electron chi connectivity index (χ4n) is 4.02. The van der Waals surface area contributed by atoms with Gasteiger partial charge in [0.1, 0.15) is 11.1 Å². The van der Waals surface area contributed by atoms with Gasteiger partial charge in [-0.05, 0) is 32.1 Å². The molecule has 1 aliphatic heterocycles. The maximum absolute atomic E-state index is 13.4. The molecule has 1 aromatic carbocycles. The van der Waals surface area contributed by atoms with Crippen LogP contribution in [-0.4, -0.2) is 56.4 Å². The summed E-state index contributed by atoms with van der Waals surface area (Å²) in [6.07, 6.45) is 0.279. The first-order valence-electron chi connectivity index (χ1n) is 10.1. The van der Waals surface area contributed by atoms with E-state index in [0.29, 0.717) is 42.3 Å². The van der Waals surface area contributed by atoms with Crippen LogP contribution in [0.2, 0.25) is 0 Å². The molecule has 2 heterocycles. The van der Waals surface area contributed by atoms with Gasteiger partial charge in [-0.1, -0.05) is 44.2 Å². The first-order valence-corrected chi connectivity index (χ1v) is 10.1. The molecular formula is C22H29N3O4. The number of carbonyl (C=O) groups excluding carboxylic acids is 1. The third-order valence-corrected chi connectivity index (χ3v) is 5.87. The van der Waals surface area contributed by atoms with E-state index in [1.54, 1.807) is 11.8 Å². The Morgan fingerprint density at radius 3 is 2.62 bits per heavy atom. The SMILES string of the molecule is Cc1[nH]nc(-c2ccccc2)c1C(=O)N1CC[C@@H](O)[C@](CCC(C)C)(C(=O)O)C1. The molecule has 156 valence electrons. The van der Waals surface area contributed by atoms with Crippen molar-refractivity contribution in [3.63, 3.8) is 0 Å². The molecule has 3 N–H and O–H groups in total. The second kappa shape index (κ2) is 8.37. The lowest BCUT2D eigenvalue weighted by atomic mass is 9.72. The average Bonchev–Trinajstić information content (AvgIpc) is 3.08. The number of carbonyl (C=O) groups is 2. The Morgan fingerprint density at radius 1 is 1.31 bits per heavy atom. The minimum Gasteiger partial charge on any atom is -0.481 e. The van der Waals surface area contributed by atoms with Crippen LogP contribution in [0.5, 0.6) is 0 Å². The summed E-state index contributed by atoms with van der Waals surface area (Å²) in [5.41, 5.74) is 1.13. The lowest BCUT2D eigenvalue weighted by Crippen LogP contribution is -2.57. The number of likely N-dealkylation sites (tertiary alicyclic amines) is 1. The quantitative estimate of drug-likeness (QED) is 0.692. The van der Waals surface area contributed by atoms with Crippen molar-refractivity contribution in [2.24, 2.45) is 11.3 Å². The monoisotopic (exact) mass is 399 g/mol. The number of hydrogen-bond acceptors (Lipinski definition) is 4. The number of nitrogens with zero attached hydrogens (tertiary/aromatic N) is 2. The molecule has 1 saturated heterocycles. The number of hydrogen-bond donors (Lipinski definition) is 3. The van der Waals surface area contributed by atoms with E-state index in [1.165, 1.54) is 0 Å². The van der Waals surface area contributed by atoms with Crippen molar-refractivity contribution in [1.82, 2.24) is 15.1 Å². The van der Waals surface area contributed by atoms with Gasteiger partial charge in [-0.25, -0.2) is 0 Å². The third-order valence-electron chi connectivity index (χ3n) is 5.87. The van der Waals surface area contributed by atoms with Crippen molar-refractivity contribution in [2.45, 2.75) is 46.1 Å². The number of benzene rings is 1. The predicted octanol–water partition coefficient (Wildman–Crippen LogP) is 3.10. The number of aryl methyl sites for hydroxylation is 1. The highest BCUT2D eigenvalue weighted by atomic mass is 16.4. The van der Waals surface area contributed by atoms with E-state index in [-0.39, 0.29) is 18.9 Å². The fourth-order valence-corrected chi connectivity index (χ4v) is 4.02. The van der Waals surface area contributed by atoms with Crippen molar-refractivity contribution in [1.29, 1.82) is 0 Å². The summed E-state index contributed by atoms with van der Waals surface area (Å²) in [4.78, 5) is 27.2. The van der Waals surface area contributed by atoms with Crippen LogP contribution in [0.1, 0.15) is 49.2 Å². The molecule has 0 unspecified atom stereocenters. The molecule has 0 bridgehead atoms. The highest BCUT2D eigenvalue weighted by Crippen LogP contribution is 2.38. The number of rotatable bonds is 6. The van der Waals surface area contributed by atoms with Gasteiger partial charge in [0.2, 0.25) is 0 Å². The average molecular weight is 399 g/mol. The van der Waals surface area contributed by atoms with Crippen molar-refractivity contribution in [2.75, 3.05) is 13.1 Å². The minimum atomic E-state index is -1.34. The molecule has 0 spiro atoms. The van der Waals surface area contributed by atoms with Gasteiger partial charge >= 0.3 is 5.97 Å². The summed E-state index contributed by atoms with van der Waals surface area (Å²) >= 11 is 0. The summed E-state index contributed by atoms with van der Waals surface area (Å²) in [5, 5.41) is 27.8. The first-order chi connectivity index (χ1) is 13.8.